The zero-order valence-corrected chi connectivity index (χ0v) is 20.7. The van der Waals surface area contributed by atoms with Crippen LogP contribution in [0.1, 0.15) is 57.4 Å². The van der Waals surface area contributed by atoms with Crippen LogP contribution < -0.4 is 0 Å². The lowest BCUT2D eigenvalue weighted by Crippen LogP contribution is -2.18. The van der Waals surface area contributed by atoms with Gasteiger partial charge in [-0.15, -0.1) is 0 Å². The molecule has 2 N–H and O–H groups in total. The van der Waals surface area contributed by atoms with Gasteiger partial charge in [0.25, 0.3) is 0 Å². The number of ether oxygens (including phenoxy) is 4. The fourth-order valence-corrected chi connectivity index (χ4v) is 3.07. The van der Waals surface area contributed by atoms with Gasteiger partial charge in [0.2, 0.25) is 0 Å². The maximum atomic E-state index is 13.2. The first kappa shape index (κ1) is 30.6. The van der Waals surface area contributed by atoms with Gasteiger partial charge in [0, 0.05) is 23.3 Å². The first-order valence-electron chi connectivity index (χ1n) is 11.2. The summed E-state index contributed by atoms with van der Waals surface area (Å²) in [5, 5.41) is 18.9. The second-order valence-electron chi connectivity index (χ2n) is 7.48. The number of carbonyl (C=O) groups is 7. The van der Waals surface area contributed by atoms with Crippen LogP contribution in [0.4, 0.5) is 0 Å². The fraction of sp³-hybridized carbons (Fsp3) is 0.148. The maximum Gasteiger partial charge on any atom is 0.339 e. The molecule has 13 nitrogen and oxygen atoms in total. The van der Waals surface area contributed by atoms with Gasteiger partial charge in [-0.05, 0) is 24.3 Å². The van der Waals surface area contributed by atoms with Crippen molar-refractivity contribution in [3.05, 3.63) is 95.1 Å². The van der Waals surface area contributed by atoms with E-state index in [1.54, 1.807) is 0 Å². The van der Waals surface area contributed by atoms with Crippen molar-refractivity contribution in [3.63, 3.8) is 0 Å². The zero-order chi connectivity index (χ0) is 29.8. The minimum absolute atomic E-state index is 0.186. The highest BCUT2D eigenvalue weighted by atomic mass is 16.6. The third-order valence-corrected chi connectivity index (χ3v) is 4.92. The molecular formula is C27H22O13. The Kier molecular flexibility index (Phi) is 11.0. The zero-order valence-electron chi connectivity index (χ0n) is 20.7. The monoisotopic (exact) mass is 554 g/mol. The third-order valence-electron chi connectivity index (χ3n) is 4.92. The summed E-state index contributed by atoms with van der Waals surface area (Å²) in [6.45, 7) is 4.92. The molecule has 0 bridgehead atoms. The second kappa shape index (κ2) is 14.4. The van der Waals surface area contributed by atoms with Crippen LogP contribution >= 0.6 is 0 Å². The number of rotatable bonds is 14. The highest BCUT2D eigenvalue weighted by molar-refractivity contribution is 6.13. The topological polar surface area (TPSA) is 197 Å². The summed E-state index contributed by atoms with van der Waals surface area (Å²) >= 11 is 0. The number of carboxylic acid groups (broad SMARTS) is 2. The number of aromatic carboxylic acids is 2. The van der Waals surface area contributed by atoms with Gasteiger partial charge in [-0.1, -0.05) is 25.3 Å². The molecule has 0 amide bonds. The lowest BCUT2D eigenvalue weighted by atomic mass is 9.95. The van der Waals surface area contributed by atoms with Gasteiger partial charge in [0.05, 0.1) is 22.3 Å². The van der Waals surface area contributed by atoms with Crippen LogP contribution in [-0.4, -0.2) is 78.2 Å². The molecule has 0 aromatic heterocycles. The molecule has 208 valence electrons. The van der Waals surface area contributed by atoms with Crippen molar-refractivity contribution >= 4 is 41.6 Å². The Morgan fingerprint density at radius 2 is 0.925 bits per heavy atom. The van der Waals surface area contributed by atoms with Crippen molar-refractivity contribution in [2.75, 3.05) is 26.4 Å². The number of benzene rings is 2. The summed E-state index contributed by atoms with van der Waals surface area (Å²) in [6, 6.07) is 6.14. The maximum absolute atomic E-state index is 13.2. The van der Waals surface area contributed by atoms with Crippen molar-refractivity contribution in [1.82, 2.24) is 0 Å². The minimum Gasteiger partial charge on any atom is -0.478 e. The smallest absolute Gasteiger partial charge is 0.339 e. The van der Waals surface area contributed by atoms with Gasteiger partial charge in [-0.25, -0.2) is 28.8 Å². The largest absolute Gasteiger partial charge is 0.478 e. The van der Waals surface area contributed by atoms with Gasteiger partial charge >= 0.3 is 35.8 Å². The molecule has 2 aromatic carbocycles. The van der Waals surface area contributed by atoms with Crippen LogP contribution in [0.5, 0.6) is 0 Å². The predicted octanol–water partition coefficient (Wildman–Crippen LogP) is 2.09. The molecule has 0 saturated carbocycles. The molecular weight excluding hydrogens is 532 g/mol. The van der Waals surface area contributed by atoms with Crippen LogP contribution in [-0.2, 0) is 28.5 Å². The number of carbonyl (C=O) groups excluding carboxylic acids is 5. The summed E-state index contributed by atoms with van der Waals surface area (Å²) in [7, 11) is 0. The summed E-state index contributed by atoms with van der Waals surface area (Å²) in [6.07, 6.45) is 1.79. The minimum atomic E-state index is -1.49. The molecule has 0 radical (unpaired) electrons. The Morgan fingerprint density at radius 1 is 0.575 bits per heavy atom. The van der Waals surface area contributed by atoms with Crippen LogP contribution in [0.2, 0.25) is 0 Å². The predicted molar refractivity (Wildman–Crippen MR) is 133 cm³/mol. The van der Waals surface area contributed by atoms with E-state index in [4.69, 9.17) is 9.47 Å². The Balaban J connectivity index is 2.31. The van der Waals surface area contributed by atoms with Crippen LogP contribution in [0.15, 0.2) is 61.7 Å². The van der Waals surface area contributed by atoms with E-state index >= 15 is 0 Å². The molecule has 0 aliphatic heterocycles. The lowest BCUT2D eigenvalue weighted by molar-refractivity contribution is -0.139. The molecule has 13 heteroatoms. The van der Waals surface area contributed by atoms with Gasteiger partial charge in [0.15, 0.2) is 5.78 Å². The third kappa shape index (κ3) is 8.21. The number of hydrogen-bond acceptors (Lipinski definition) is 11. The average Bonchev–Trinajstić information content (AvgIpc) is 2.95. The summed E-state index contributed by atoms with van der Waals surface area (Å²) in [4.78, 5) is 83.6. The fourth-order valence-electron chi connectivity index (χ4n) is 3.07. The van der Waals surface area contributed by atoms with Crippen molar-refractivity contribution in [1.29, 1.82) is 0 Å². The Hall–Kier alpha value is -5.59. The molecule has 0 spiro atoms. The van der Waals surface area contributed by atoms with Crippen molar-refractivity contribution < 1.29 is 62.7 Å². The quantitative estimate of drug-likeness (QED) is 0.113. The number of carboxylic acids is 2. The first-order chi connectivity index (χ1) is 19.0. The van der Waals surface area contributed by atoms with E-state index in [9.17, 15) is 43.8 Å². The van der Waals surface area contributed by atoms with E-state index in [1.165, 1.54) is 0 Å². The van der Waals surface area contributed by atoms with Crippen LogP contribution in [0, 0.1) is 0 Å². The van der Waals surface area contributed by atoms with E-state index in [2.05, 4.69) is 22.6 Å². The highest BCUT2D eigenvalue weighted by Gasteiger charge is 2.24. The summed E-state index contributed by atoms with van der Waals surface area (Å²) in [5.41, 5.74) is -2.30. The van der Waals surface area contributed by atoms with Crippen LogP contribution in [0.25, 0.3) is 0 Å². The molecule has 0 heterocycles. The van der Waals surface area contributed by atoms with Crippen molar-refractivity contribution in [2.45, 2.75) is 0 Å². The number of ketones is 1. The van der Waals surface area contributed by atoms with Crippen molar-refractivity contribution in [2.24, 2.45) is 0 Å². The summed E-state index contributed by atoms with van der Waals surface area (Å²) < 4.78 is 19.2. The normalized spacial score (nSPS) is 10.0. The highest BCUT2D eigenvalue weighted by Crippen LogP contribution is 2.20. The number of esters is 4. The first-order valence-corrected chi connectivity index (χ1v) is 11.2. The molecule has 40 heavy (non-hydrogen) atoms. The van der Waals surface area contributed by atoms with Gasteiger partial charge in [0.1, 0.15) is 26.4 Å². The molecule has 0 aliphatic rings. The Labute approximate surface area is 226 Å². The Morgan fingerprint density at radius 3 is 1.25 bits per heavy atom. The van der Waals surface area contributed by atoms with E-state index in [1.807, 2.05) is 0 Å². The molecule has 0 saturated heterocycles. The second-order valence-corrected chi connectivity index (χ2v) is 7.48. The average molecular weight is 554 g/mol. The number of hydrogen-bond donors (Lipinski definition) is 2. The van der Waals surface area contributed by atoms with Gasteiger partial charge in [-0.2, -0.15) is 0 Å². The van der Waals surface area contributed by atoms with E-state index in [0.29, 0.717) is 0 Å². The molecule has 0 fully saturated rings. The molecule has 0 aliphatic carbocycles. The standard InChI is InChI=1S/C27H22O13/c1-3-21(28)37-9-11-39-26(35)19-13-15(5-7-17(19)24(31)32)23(30)16-6-8-18(25(33)34)20(14-16)27(36)40-12-10-38-22(29)4-2/h3-8,13-14H,1-2,9-12H2,(H,31,32)(H,33,34). The molecule has 0 unspecified atom stereocenters. The van der Waals surface area contributed by atoms with Crippen molar-refractivity contribution in [3.8, 4) is 0 Å². The molecule has 2 rings (SSSR count). The molecule has 0 atom stereocenters. The van der Waals surface area contributed by atoms with Gasteiger partial charge < -0.3 is 29.2 Å². The van der Waals surface area contributed by atoms with Crippen LogP contribution in [0.3, 0.4) is 0 Å². The Bertz CT molecular complexity index is 1280. The SMILES string of the molecule is C=CC(=O)OCCOC(=O)c1cc(C(=O)c2ccc(C(=O)O)c(C(=O)OCCOC(=O)C=C)c2)ccc1C(=O)O. The van der Waals surface area contributed by atoms with E-state index < -0.39 is 77.1 Å². The van der Waals surface area contributed by atoms with E-state index in [-0.39, 0.29) is 24.3 Å². The van der Waals surface area contributed by atoms with E-state index in [0.717, 1.165) is 48.6 Å². The summed E-state index contributed by atoms with van der Waals surface area (Å²) in [5.74, 6) is -7.53. The molecule has 2 aromatic rings. The van der Waals surface area contributed by atoms with Gasteiger partial charge in [-0.3, -0.25) is 4.79 Å². The lowest BCUT2D eigenvalue weighted by Gasteiger charge is -2.11.